The van der Waals surface area contributed by atoms with E-state index < -0.39 is 0 Å². The normalized spacial score (nSPS) is 25.8. The molecule has 1 saturated heterocycles. The van der Waals surface area contributed by atoms with Gasteiger partial charge in [0.1, 0.15) is 11.9 Å². The quantitative estimate of drug-likeness (QED) is 0.649. The Bertz CT molecular complexity index is 320. The van der Waals surface area contributed by atoms with E-state index in [1.54, 1.807) is 7.11 Å². The van der Waals surface area contributed by atoms with Gasteiger partial charge in [-0.15, -0.1) is 0 Å². The van der Waals surface area contributed by atoms with Crippen molar-refractivity contribution in [3.05, 3.63) is 29.3 Å². The van der Waals surface area contributed by atoms with Crippen LogP contribution in [0, 0.1) is 6.92 Å². The molecular weight excluding hydrogens is 164 g/mol. The Balaban J connectivity index is 2.35. The maximum absolute atomic E-state index is 5.42. The number of ether oxygens (including phenoxy) is 2. The second-order valence-corrected chi connectivity index (χ2v) is 3.51. The van der Waals surface area contributed by atoms with E-state index in [2.05, 4.69) is 26.0 Å². The smallest absolute Gasteiger partial charge is 0.124 e. The highest BCUT2D eigenvalue weighted by Crippen LogP contribution is 2.42. The lowest BCUT2D eigenvalue weighted by molar-refractivity contribution is 0.368. The third-order valence-corrected chi connectivity index (χ3v) is 2.40. The molecule has 0 spiro atoms. The molecule has 2 nitrogen and oxygen atoms in total. The fourth-order valence-corrected chi connectivity index (χ4v) is 1.59. The zero-order valence-corrected chi connectivity index (χ0v) is 8.20. The molecule has 13 heavy (non-hydrogen) atoms. The fraction of sp³-hybridized carbons (Fsp3) is 0.455. The minimum Gasteiger partial charge on any atom is -0.496 e. The van der Waals surface area contributed by atoms with Crippen molar-refractivity contribution in [1.29, 1.82) is 0 Å². The first kappa shape index (κ1) is 8.57. The zero-order valence-electron chi connectivity index (χ0n) is 8.20. The molecule has 1 fully saturated rings. The van der Waals surface area contributed by atoms with Crippen LogP contribution in [-0.2, 0) is 4.74 Å². The molecule has 0 N–H and O–H groups in total. The minimum absolute atomic E-state index is 0.245. The summed E-state index contributed by atoms with van der Waals surface area (Å²) in [5.74, 6) is 0.931. The van der Waals surface area contributed by atoms with Crippen molar-refractivity contribution in [2.24, 2.45) is 0 Å². The molecular formula is C11H14O2. The van der Waals surface area contributed by atoms with Crippen LogP contribution in [0.25, 0.3) is 0 Å². The molecule has 1 heterocycles. The Hall–Kier alpha value is -1.02. The number of epoxide rings is 1. The van der Waals surface area contributed by atoms with Gasteiger partial charge >= 0.3 is 0 Å². The molecule has 2 heteroatoms. The van der Waals surface area contributed by atoms with E-state index in [9.17, 15) is 0 Å². The van der Waals surface area contributed by atoms with E-state index in [1.807, 2.05) is 6.07 Å². The molecule has 1 aliphatic heterocycles. The Labute approximate surface area is 78.5 Å². The SMILES string of the molecule is COc1ccc(C)cc1C1OC1C. The van der Waals surface area contributed by atoms with Gasteiger partial charge in [-0.25, -0.2) is 0 Å². The highest BCUT2D eigenvalue weighted by atomic mass is 16.6. The van der Waals surface area contributed by atoms with Crippen LogP contribution >= 0.6 is 0 Å². The van der Waals surface area contributed by atoms with Gasteiger partial charge in [0.15, 0.2) is 0 Å². The topological polar surface area (TPSA) is 21.8 Å². The van der Waals surface area contributed by atoms with E-state index in [1.165, 1.54) is 11.1 Å². The molecule has 1 aromatic rings. The zero-order chi connectivity index (χ0) is 9.42. The highest BCUT2D eigenvalue weighted by molar-refractivity contribution is 5.40. The summed E-state index contributed by atoms with van der Waals surface area (Å²) in [6.07, 6.45) is 0.588. The van der Waals surface area contributed by atoms with Crippen LogP contribution in [-0.4, -0.2) is 13.2 Å². The lowest BCUT2D eigenvalue weighted by Crippen LogP contribution is -1.92. The van der Waals surface area contributed by atoms with Crippen LogP contribution in [0.15, 0.2) is 18.2 Å². The summed E-state index contributed by atoms with van der Waals surface area (Å²) >= 11 is 0. The molecule has 2 rings (SSSR count). The average Bonchev–Trinajstić information content (AvgIpc) is 2.82. The Morgan fingerprint density at radius 2 is 2.08 bits per heavy atom. The standard InChI is InChI=1S/C11H14O2/c1-7-4-5-10(12-3)9(6-7)11-8(2)13-11/h4-6,8,11H,1-3H3. The van der Waals surface area contributed by atoms with E-state index in [0.717, 1.165) is 5.75 Å². The Morgan fingerprint density at radius 3 is 2.62 bits per heavy atom. The van der Waals surface area contributed by atoms with Crippen molar-refractivity contribution >= 4 is 0 Å². The number of benzene rings is 1. The van der Waals surface area contributed by atoms with Crippen molar-refractivity contribution in [2.45, 2.75) is 26.1 Å². The molecule has 70 valence electrons. The van der Waals surface area contributed by atoms with Crippen molar-refractivity contribution in [3.8, 4) is 5.75 Å². The first-order chi connectivity index (χ1) is 6.22. The minimum atomic E-state index is 0.245. The highest BCUT2D eigenvalue weighted by Gasteiger charge is 2.37. The van der Waals surface area contributed by atoms with Crippen LogP contribution in [0.4, 0.5) is 0 Å². The van der Waals surface area contributed by atoms with Crippen molar-refractivity contribution in [2.75, 3.05) is 7.11 Å². The second kappa shape index (κ2) is 3.04. The van der Waals surface area contributed by atoms with Crippen LogP contribution < -0.4 is 4.74 Å². The third kappa shape index (κ3) is 1.54. The number of aryl methyl sites for hydroxylation is 1. The fourth-order valence-electron chi connectivity index (χ4n) is 1.59. The van der Waals surface area contributed by atoms with Gasteiger partial charge in [-0.1, -0.05) is 11.6 Å². The molecule has 0 bridgehead atoms. The summed E-state index contributed by atoms with van der Waals surface area (Å²) in [6.45, 7) is 4.16. The summed E-state index contributed by atoms with van der Waals surface area (Å²) in [6, 6.07) is 6.18. The van der Waals surface area contributed by atoms with Gasteiger partial charge in [0.2, 0.25) is 0 Å². The van der Waals surface area contributed by atoms with Gasteiger partial charge in [0.25, 0.3) is 0 Å². The predicted molar refractivity (Wildman–Crippen MR) is 51.0 cm³/mol. The van der Waals surface area contributed by atoms with Gasteiger partial charge < -0.3 is 9.47 Å². The van der Waals surface area contributed by atoms with Crippen molar-refractivity contribution < 1.29 is 9.47 Å². The molecule has 0 radical (unpaired) electrons. The summed E-state index contributed by atoms with van der Waals surface area (Å²) in [5.41, 5.74) is 2.42. The summed E-state index contributed by atoms with van der Waals surface area (Å²) in [5, 5.41) is 0. The van der Waals surface area contributed by atoms with E-state index >= 15 is 0 Å². The van der Waals surface area contributed by atoms with E-state index in [0.29, 0.717) is 6.10 Å². The molecule has 0 saturated carbocycles. The Kier molecular flexibility index (Phi) is 2.00. The molecule has 1 aliphatic rings. The van der Waals surface area contributed by atoms with Gasteiger partial charge in [-0.3, -0.25) is 0 Å². The van der Waals surface area contributed by atoms with Crippen LogP contribution in [0.3, 0.4) is 0 Å². The van der Waals surface area contributed by atoms with Crippen LogP contribution in [0.1, 0.15) is 24.2 Å². The van der Waals surface area contributed by atoms with Crippen LogP contribution in [0.5, 0.6) is 5.75 Å². The molecule has 2 atom stereocenters. The van der Waals surface area contributed by atoms with E-state index in [-0.39, 0.29) is 6.10 Å². The summed E-state index contributed by atoms with van der Waals surface area (Å²) < 4.78 is 10.7. The molecule has 0 amide bonds. The van der Waals surface area contributed by atoms with Gasteiger partial charge in [-0.2, -0.15) is 0 Å². The number of methoxy groups -OCH3 is 1. The van der Waals surface area contributed by atoms with Gasteiger partial charge in [-0.05, 0) is 26.0 Å². The van der Waals surface area contributed by atoms with Crippen molar-refractivity contribution in [1.82, 2.24) is 0 Å². The molecule has 1 aromatic carbocycles. The third-order valence-electron chi connectivity index (χ3n) is 2.40. The number of hydrogen-bond acceptors (Lipinski definition) is 2. The maximum atomic E-state index is 5.42. The van der Waals surface area contributed by atoms with E-state index in [4.69, 9.17) is 9.47 Å². The molecule has 2 unspecified atom stereocenters. The largest absolute Gasteiger partial charge is 0.496 e. The summed E-state index contributed by atoms with van der Waals surface area (Å²) in [7, 11) is 1.70. The van der Waals surface area contributed by atoms with Crippen molar-refractivity contribution in [3.63, 3.8) is 0 Å². The first-order valence-corrected chi connectivity index (χ1v) is 4.52. The Morgan fingerprint density at radius 1 is 1.38 bits per heavy atom. The lowest BCUT2D eigenvalue weighted by Gasteiger charge is -2.06. The molecule has 0 aliphatic carbocycles. The van der Waals surface area contributed by atoms with Gasteiger partial charge in [0, 0.05) is 5.56 Å². The summed E-state index contributed by atoms with van der Waals surface area (Å²) in [4.78, 5) is 0. The van der Waals surface area contributed by atoms with Gasteiger partial charge in [0.05, 0.1) is 13.2 Å². The lowest BCUT2D eigenvalue weighted by atomic mass is 10.1. The monoisotopic (exact) mass is 178 g/mol. The molecule has 0 aromatic heterocycles. The number of rotatable bonds is 2. The van der Waals surface area contributed by atoms with Crippen LogP contribution in [0.2, 0.25) is 0 Å². The second-order valence-electron chi connectivity index (χ2n) is 3.51. The number of hydrogen-bond donors (Lipinski definition) is 0. The maximum Gasteiger partial charge on any atom is 0.124 e. The predicted octanol–water partition coefficient (Wildman–Crippen LogP) is 2.46. The average molecular weight is 178 g/mol. The first-order valence-electron chi connectivity index (χ1n) is 4.52.